The van der Waals surface area contributed by atoms with Crippen molar-refractivity contribution in [2.24, 2.45) is 0 Å². The molecule has 2 aromatic carbocycles. The largest absolute Gasteiger partial charge is 0.341 e. The summed E-state index contributed by atoms with van der Waals surface area (Å²) in [5.41, 5.74) is 2.47. The van der Waals surface area contributed by atoms with E-state index < -0.39 is 18.0 Å². The molecular formula is C27H30N6O3S. The summed E-state index contributed by atoms with van der Waals surface area (Å²) in [6, 6.07) is 17.5. The van der Waals surface area contributed by atoms with E-state index in [1.807, 2.05) is 54.7 Å². The average Bonchev–Trinajstić information content (AvgIpc) is 3.46. The van der Waals surface area contributed by atoms with Crippen molar-refractivity contribution in [3.8, 4) is 0 Å². The minimum Gasteiger partial charge on any atom is -0.341 e. The number of carbonyl (C=O) groups excluding carboxylic acids is 3. The fourth-order valence-electron chi connectivity index (χ4n) is 4.69. The van der Waals surface area contributed by atoms with Gasteiger partial charge in [-0.2, -0.15) is 0 Å². The minimum atomic E-state index is -0.899. The van der Waals surface area contributed by atoms with Crippen LogP contribution in [0.3, 0.4) is 0 Å². The van der Waals surface area contributed by atoms with Gasteiger partial charge in [-0.25, -0.2) is 4.68 Å². The van der Waals surface area contributed by atoms with E-state index in [1.165, 1.54) is 0 Å². The van der Waals surface area contributed by atoms with E-state index in [0.717, 1.165) is 5.56 Å². The first-order valence-electron chi connectivity index (χ1n) is 12.3. The van der Waals surface area contributed by atoms with Gasteiger partial charge in [-0.15, -0.1) is 16.9 Å². The van der Waals surface area contributed by atoms with Gasteiger partial charge >= 0.3 is 0 Å². The molecule has 0 bridgehead atoms. The number of β-lactam (4-membered cyclic amide) rings is 1. The van der Waals surface area contributed by atoms with E-state index in [4.69, 9.17) is 0 Å². The first-order chi connectivity index (χ1) is 17.8. The summed E-state index contributed by atoms with van der Waals surface area (Å²) in [5.74, 6) is -0.746. The number of rotatable bonds is 9. The molecule has 0 saturated carbocycles. The second kappa shape index (κ2) is 10.4. The van der Waals surface area contributed by atoms with Gasteiger partial charge in [0.05, 0.1) is 12.2 Å². The van der Waals surface area contributed by atoms with E-state index in [2.05, 4.69) is 34.8 Å². The molecule has 2 saturated heterocycles. The lowest BCUT2D eigenvalue weighted by atomic mass is 10.0. The molecule has 3 atom stereocenters. The Bertz CT molecular complexity index is 1280. The summed E-state index contributed by atoms with van der Waals surface area (Å²) in [6.07, 6.45) is 2.38. The number of carbonyl (C=O) groups is 3. The van der Waals surface area contributed by atoms with Crippen LogP contribution in [0.1, 0.15) is 43.1 Å². The molecule has 0 spiro atoms. The average molecular weight is 519 g/mol. The lowest BCUT2D eigenvalue weighted by Crippen LogP contribution is -2.68. The maximum atomic E-state index is 13.3. The van der Waals surface area contributed by atoms with E-state index in [-0.39, 0.29) is 28.4 Å². The second-order valence-corrected chi connectivity index (χ2v) is 11.8. The standard InChI is InChI=1S/C27H30N6O3S/c1-27(2)17-33-25(36)23(26(33)37-27)29-24(35)22(19-11-7-4-8-12-19)28-21(34)14-13-20-16-32(31-30-20)15-18-9-5-3-6-10-18/h3-12,16,22-23,26H,13-15,17H2,1-2H3,(H,28,34)(H,29,35)/t22-,23-,26?/m1/s1. The molecule has 0 radical (unpaired) electrons. The van der Waals surface area contributed by atoms with Gasteiger partial charge in [-0.3, -0.25) is 14.4 Å². The first-order valence-corrected chi connectivity index (χ1v) is 13.2. The third-order valence-electron chi connectivity index (χ3n) is 6.51. The monoisotopic (exact) mass is 518 g/mol. The van der Waals surface area contributed by atoms with E-state index in [9.17, 15) is 14.4 Å². The maximum Gasteiger partial charge on any atom is 0.249 e. The molecule has 2 aliphatic rings. The topological polar surface area (TPSA) is 109 Å². The highest BCUT2D eigenvalue weighted by Crippen LogP contribution is 2.46. The fraction of sp³-hybridized carbons (Fsp3) is 0.370. The molecule has 3 amide bonds. The quantitative estimate of drug-likeness (QED) is 0.421. The summed E-state index contributed by atoms with van der Waals surface area (Å²) in [6.45, 7) is 5.46. The van der Waals surface area contributed by atoms with E-state index in [1.54, 1.807) is 33.5 Å². The van der Waals surface area contributed by atoms with Gasteiger partial charge < -0.3 is 15.5 Å². The molecule has 3 heterocycles. The number of aryl methyl sites for hydroxylation is 1. The van der Waals surface area contributed by atoms with Gasteiger partial charge in [-0.1, -0.05) is 65.9 Å². The van der Waals surface area contributed by atoms with Gasteiger partial charge in [0.25, 0.3) is 0 Å². The van der Waals surface area contributed by atoms with Gasteiger partial charge in [0.1, 0.15) is 17.5 Å². The highest BCUT2D eigenvalue weighted by Gasteiger charge is 2.56. The summed E-state index contributed by atoms with van der Waals surface area (Å²) >= 11 is 1.69. The van der Waals surface area contributed by atoms with Crippen LogP contribution in [0.5, 0.6) is 0 Å². The van der Waals surface area contributed by atoms with Crippen molar-refractivity contribution in [1.82, 2.24) is 30.5 Å². The number of fused-ring (bicyclic) bond motifs is 1. The van der Waals surface area contributed by atoms with Crippen LogP contribution in [-0.4, -0.2) is 60.3 Å². The van der Waals surface area contributed by atoms with Crippen LogP contribution in [0, 0.1) is 0 Å². The van der Waals surface area contributed by atoms with E-state index >= 15 is 0 Å². The minimum absolute atomic E-state index is 0.0458. The molecule has 1 unspecified atom stereocenters. The Morgan fingerprint density at radius 1 is 1.11 bits per heavy atom. The molecular weight excluding hydrogens is 488 g/mol. The predicted molar refractivity (Wildman–Crippen MR) is 140 cm³/mol. The Kier molecular flexibility index (Phi) is 7.01. The maximum absolute atomic E-state index is 13.3. The van der Waals surface area contributed by atoms with Gasteiger partial charge in [-0.05, 0) is 25.0 Å². The van der Waals surface area contributed by atoms with Crippen LogP contribution >= 0.6 is 11.8 Å². The lowest BCUT2D eigenvalue weighted by molar-refractivity contribution is -0.148. The smallest absolute Gasteiger partial charge is 0.249 e. The molecule has 2 fully saturated rings. The summed E-state index contributed by atoms with van der Waals surface area (Å²) in [5, 5.41) is 14.0. The summed E-state index contributed by atoms with van der Waals surface area (Å²) < 4.78 is 1.69. The second-order valence-electron chi connectivity index (χ2n) is 10.0. The molecule has 3 aromatic rings. The van der Waals surface area contributed by atoms with Crippen LogP contribution in [0.25, 0.3) is 0 Å². The Morgan fingerprint density at radius 3 is 2.54 bits per heavy atom. The van der Waals surface area contributed by atoms with Gasteiger partial charge in [0.2, 0.25) is 17.7 Å². The number of hydrogen-bond acceptors (Lipinski definition) is 6. The van der Waals surface area contributed by atoms with Crippen molar-refractivity contribution in [1.29, 1.82) is 0 Å². The Morgan fingerprint density at radius 2 is 1.81 bits per heavy atom. The zero-order chi connectivity index (χ0) is 26.0. The third-order valence-corrected chi connectivity index (χ3v) is 8.05. The van der Waals surface area contributed by atoms with Gasteiger partial charge in [0, 0.05) is 30.3 Å². The van der Waals surface area contributed by atoms with Crippen LogP contribution in [0.4, 0.5) is 0 Å². The first kappa shape index (κ1) is 25.0. The zero-order valence-corrected chi connectivity index (χ0v) is 21.6. The molecule has 0 aliphatic carbocycles. The molecule has 37 heavy (non-hydrogen) atoms. The van der Waals surface area contributed by atoms with Crippen molar-refractivity contribution in [2.75, 3.05) is 6.54 Å². The number of amides is 3. The third kappa shape index (κ3) is 5.69. The highest BCUT2D eigenvalue weighted by molar-refractivity contribution is 8.01. The highest BCUT2D eigenvalue weighted by atomic mass is 32.2. The normalized spacial score (nSPS) is 20.6. The summed E-state index contributed by atoms with van der Waals surface area (Å²) in [4.78, 5) is 40.6. The van der Waals surface area contributed by atoms with Crippen LogP contribution in [0.15, 0.2) is 66.9 Å². The molecule has 5 rings (SSSR count). The zero-order valence-electron chi connectivity index (χ0n) is 20.8. The Balaban J connectivity index is 1.19. The molecule has 2 N–H and O–H groups in total. The number of hydrogen-bond donors (Lipinski definition) is 2. The number of nitrogens with one attached hydrogen (secondary N) is 2. The van der Waals surface area contributed by atoms with Crippen molar-refractivity contribution < 1.29 is 14.4 Å². The van der Waals surface area contributed by atoms with Crippen molar-refractivity contribution in [3.05, 3.63) is 83.7 Å². The van der Waals surface area contributed by atoms with Crippen LogP contribution < -0.4 is 10.6 Å². The molecule has 10 heteroatoms. The van der Waals surface area contributed by atoms with Crippen LogP contribution in [0.2, 0.25) is 0 Å². The number of thioether (sulfide) groups is 1. The molecule has 9 nitrogen and oxygen atoms in total. The van der Waals surface area contributed by atoms with Crippen LogP contribution in [-0.2, 0) is 27.3 Å². The predicted octanol–water partition coefficient (Wildman–Crippen LogP) is 2.30. The van der Waals surface area contributed by atoms with Gasteiger partial charge in [0.15, 0.2) is 0 Å². The lowest BCUT2D eigenvalue weighted by Gasteiger charge is -2.42. The fourth-order valence-corrected chi connectivity index (χ4v) is 6.18. The number of aromatic nitrogens is 3. The van der Waals surface area contributed by atoms with Crippen molar-refractivity contribution >= 4 is 29.5 Å². The molecule has 192 valence electrons. The Hall–Kier alpha value is -3.66. The Labute approximate surface area is 220 Å². The summed E-state index contributed by atoms with van der Waals surface area (Å²) in [7, 11) is 0. The number of benzene rings is 2. The number of nitrogens with zero attached hydrogens (tertiary/aromatic N) is 4. The molecule has 1 aromatic heterocycles. The SMILES string of the molecule is CC1(C)CN2C(=O)[C@@H](NC(=O)[C@H](NC(=O)CCc3cn(Cc4ccccc4)nn3)c3ccccc3)C2S1. The van der Waals surface area contributed by atoms with Crippen molar-refractivity contribution in [2.45, 2.75) is 55.4 Å². The van der Waals surface area contributed by atoms with Crippen molar-refractivity contribution in [3.63, 3.8) is 0 Å². The molecule has 2 aliphatic heterocycles. The van der Waals surface area contributed by atoms with E-state index in [0.29, 0.717) is 30.8 Å².